The van der Waals surface area contributed by atoms with E-state index in [1.54, 1.807) is 30.3 Å². The highest BCUT2D eigenvalue weighted by molar-refractivity contribution is 7.89. The molecule has 2 aromatic rings. The van der Waals surface area contributed by atoms with E-state index in [9.17, 15) is 21.6 Å². The quantitative estimate of drug-likeness (QED) is 0.864. The number of nitrogens with zero attached hydrogens (tertiary/aromatic N) is 1. The van der Waals surface area contributed by atoms with Crippen LogP contribution in [0.15, 0.2) is 59.5 Å². The summed E-state index contributed by atoms with van der Waals surface area (Å²) in [5, 5.41) is 0. The van der Waals surface area contributed by atoms with Gasteiger partial charge in [0.15, 0.2) is 0 Å². The molecule has 0 aliphatic heterocycles. The molecule has 0 amide bonds. The van der Waals surface area contributed by atoms with Crippen LogP contribution in [0.5, 0.6) is 0 Å². The van der Waals surface area contributed by atoms with E-state index in [0.717, 1.165) is 28.1 Å². The van der Waals surface area contributed by atoms with Crippen molar-refractivity contribution >= 4 is 10.0 Å². The Morgan fingerprint density at radius 3 is 2.25 bits per heavy atom. The first kappa shape index (κ1) is 18.4. The summed E-state index contributed by atoms with van der Waals surface area (Å²) < 4.78 is 65.0. The Balaban J connectivity index is 2.38. The Labute approximate surface area is 138 Å². The van der Waals surface area contributed by atoms with Gasteiger partial charge in [0, 0.05) is 19.6 Å². The molecular formula is C16H17F3N2O2S. The second-order valence-corrected chi connectivity index (χ2v) is 7.08. The van der Waals surface area contributed by atoms with E-state index >= 15 is 0 Å². The normalized spacial score (nSPS) is 12.5. The summed E-state index contributed by atoms with van der Waals surface area (Å²) in [5.41, 5.74) is 5.19. The monoisotopic (exact) mass is 358 g/mol. The molecule has 24 heavy (non-hydrogen) atoms. The smallest absolute Gasteiger partial charge is 0.329 e. The van der Waals surface area contributed by atoms with E-state index in [0.29, 0.717) is 6.07 Å². The highest BCUT2D eigenvalue weighted by atomic mass is 32.2. The number of sulfonamides is 1. The van der Waals surface area contributed by atoms with Gasteiger partial charge < -0.3 is 5.73 Å². The fraction of sp³-hybridized carbons (Fsp3) is 0.250. The predicted octanol–water partition coefficient (Wildman–Crippen LogP) is 2.86. The van der Waals surface area contributed by atoms with E-state index in [-0.39, 0.29) is 19.6 Å². The number of alkyl halides is 3. The highest BCUT2D eigenvalue weighted by Crippen LogP contribution is 2.31. The van der Waals surface area contributed by atoms with Crippen molar-refractivity contribution in [2.45, 2.75) is 17.6 Å². The van der Waals surface area contributed by atoms with Crippen molar-refractivity contribution in [1.29, 1.82) is 0 Å². The summed E-state index contributed by atoms with van der Waals surface area (Å²) in [6, 6.07) is 12.5. The molecule has 2 rings (SSSR count). The minimum atomic E-state index is -4.61. The topological polar surface area (TPSA) is 63.4 Å². The first-order valence-corrected chi connectivity index (χ1v) is 8.60. The standard InChI is InChI=1S/C16H17F3N2O2S/c17-16(18,19)14-7-4-8-15(11-14)24(22,23)21(10-9-20)12-13-5-2-1-3-6-13/h1-8,11H,9-10,12,20H2. The molecule has 2 aromatic carbocycles. The van der Waals surface area contributed by atoms with Crippen molar-refractivity contribution in [3.05, 3.63) is 65.7 Å². The molecule has 0 aromatic heterocycles. The zero-order chi connectivity index (χ0) is 17.8. The Bertz CT molecular complexity index is 777. The molecule has 0 bridgehead atoms. The Morgan fingerprint density at radius 1 is 1.00 bits per heavy atom. The number of rotatable bonds is 6. The van der Waals surface area contributed by atoms with Crippen molar-refractivity contribution in [2.24, 2.45) is 5.73 Å². The Hall–Kier alpha value is -1.90. The van der Waals surface area contributed by atoms with Crippen LogP contribution < -0.4 is 5.73 Å². The first-order valence-electron chi connectivity index (χ1n) is 7.16. The van der Waals surface area contributed by atoms with Crippen molar-refractivity contribution < 1.29 is 21.6 Å². The zero-order valence-corrected chi connectivity index (χ0v) is 13.5. The largest absolute Gasteiger partial charge is 0.416 e. The van der Waals surface area contributed by atoms with Crippen LogP contribution in [0.3, 0.4) is 0 Å². The van der Waals surface area contributed by atoms with Gasteiger partial charge in [-0.25, -0.2) is 8.42 Å². The summed E-state index contributed by atoms with van der Waals surface area (Å²) in [7, 11) is -4.09. The number of hydrogen-bond acceptors (Lipinski definition) is 3. The van der Waals surface area contributed by atoms with E-state index in [1.165, 1.54) is 0 Å². The molecule has 0 aliphatic rings. The third kappa shape index (κ3) is 4.34. The van der Waals surface area contributed by atoms with Crippen LogP contribution in [0.4, 0.5) is 13.2 Å². The van der Waals surface area contributed by atoms with Crippen LogP contribution in [0.2, 0.25) is 0 Å². The molecule has 0 fully saturated rings. The van der Waals surface area contributed by atoms with Gasteiger partial charge in [0.05, 0.1) is 10.5 Å². The van der Waals surface area contributed by atoms with E-state index in [1.807, 2.05) is 0 Å². The van der Waals surface area contributed by atoms with Crippen molar-refractivity contribution in [3.63, 3.8) is 0 Å². The van der Waals surface area contributed by atoms with Crippen LogP contribution in [0.1, 0.15) is 11.1 Å². The van der Waals surface area contributed by atoms with Gasteiger partial charge in [0.2, 0.25) is 10.0 Å². The fourth-order valence-corrected chi connectivity index (χ4v) is 3.69. The SMILES string of the molecule is NCCN(Cc1ccccc1)S(=O)(=O)c1cccc(C(F)(F)F)c1. The summed E-state index contributed by atoms with van der Waals surface area (Å²) in [6.07, 6.45) is -4.61. The Kier molecular flexibility index (Phi) is 5.63. The van der Waals surface area contributed by atoms with Crippen LogP contribution in [-0.2, 0) is 22.7 Å². The van der Waals surface area contributed by atoms with Gasteiger partial charge in [-0.3, -0.25) is 0 Å². The molecule has 0 unspecified atom stereocenters. The lowest BCUT2D eigenvalue weighted by Crippen LogP contribution is -2.35. The number of benzene rings is 2. The average molecular weight is 358 g/mol. The van der Waals surface area contributed by atoms with Gasteiger partial charge in [-0.1, -0.05) is 36.4 Å². The summed E-state index contributed by atoms with van der Waals surface area (Å²) in [4.78, 5) is -0.401. The van der Waals surface area contributed by atoms with Crippen molar-refractivity contribution in [2.75, 3.05) is 13.1 Å². The van der Waals surface area contributed by atoms with Crippen LogP contribution in [0, 0.1) is 0 Å². The zero-order valence-electron chi connectivity index (χ0n) is 12.7. The third-order valence-electron chi connectivity index (χ3n) is 3.38. The average Bonchev–Trinajstić information content (AvgIpc) is 2.55. The van der Waals surface area contributed by atoms with Crippen LogP contribution in [0.25, 0.3) is 0 Å². The molecule has 0 radical (unpaired) electrons. The summed E-state index contributed by atoms with van der Waals surface area (Å²) in [6.45, 7) is 0.106. The number of nitrogens with two attached hydrogens (primary N) is 1. The van der Waals surface area contributed by atoms with E-state index < -0.39 is 26.7 Å². The predicted molar refractivity (Wildman–Crippen MR) is 84.5 cm³/mol. The van der Waals surface area contributed by atoms with E-state index in [2.05, 4.69) is 0 Å². The van der Waals surface area contributed by atoms with Crippen LogP contribution >= 0.6 is 0 Å². The number of halogens is 3. The third-order valence-corrected chi connectivity index (χ3v) is 5.22. The Morgan fingerprint density at radius 2 is 1.67 bits per heavy atom. The van der Waals surface area contributed by atoms with Gasteiger partial charge in [0.1, 0.15) is 0 Å². The molecule has 0 saturated carbocycles. The molecule has 130 valence electrons. The molecule has 2 N–H and O–H groups in total. The number of hydrogen-bond donors (Lipinski definition) is 1. The molecule has 0 saturated heterocycles. The van der Waals surface area contributed by atoms with E-state index in [4.69, 9.17) is 5.73 Å². The summed E-state index contributed by atoms with van der Waals surface area (Å²) in [5.74, 6) is 0. The molecular weight excluding hydrogens is 341 g/mol. The second kappa shape index (κ2) is 7.33. The lowest BCUT2D eigenvalue weighted by atomic mass is 10.2. The van der Waals surface area contributed by atoms with Gasteiger partial charge in [0.25, 0.3) is 0 Å². The van der Waals surface area contributed by atoms with Crippen molar-refractivity contribution in [3.8, 4) is 0 Å². The molecule has 0 spiro atoms. The molecule has 8 heteroatoms. The minimum Gasteiger partial charge on any atom is -0.329 e. The van der Waals surface area contributed by atoms with Gasteiger partial charge >= 0.3 is 6.18 Å². The van der Waals surface area contributed by atoms with Crippen LogP contribution in [-0.4, -0.2) is 25.8 Å². The van der Waals surface area contributed by atoms with Gasteiger partial charge in [-0.2, -0.15) is 17.5 Å². The van der Waals surface area contributed by atoms with Gasteiger partial charge in [-0.05, 0) is 23.8 Å². The minimum absolute atomic E-state index is 0.00741. The molecule has 0 heterocycles. The fourth-order valence-electron chi connectivity index (χ4n) is 2.20. The first-order chi connectivity index (χ1) is 11.2. The van der Waals surface area contributed by atoms with Gasteiger partial charge in [-0.15, -0.1) is 0 Å². The molecule has 4 nitrogen and oxygen atoms in total. The lowest BCUT2D eigenvalue weighted by Gasteiger charge is -2.22. The highest BCUT2D eigenvalue weighted by Gasteiger charge is 2.32. The maximum atomic E-state index is 12.8. The molecule has 0 atom stereocenters. The maximum Gasteiger partial charge on any atom is 0.416 e. The second-order valence-electron chi connectivity index (χ2n) is 5.14. The summed E-state index contributed by atoms with van der Waals surface area (Å²) >= 11 is 0. The maximum absolute atomic E-state index is 12.8. The van der Waals surface area contributed by atoms with Crippen molar-refractivity contribution in [1.82, 2.24) is 4.31 Å². The molecule has 0 aliphatic carbocycles. The lowest BCUT2D eigenvalue weighted by molar-refractivity contribution is -0.137.